The number of aromatic hydroxyl groups is 1. The summed E-state index contributed by atoms with van der Waals surface area (Å²) in [6.07, 6.45) is 0.271. The third kappa shape index (κ3) is 2.78. The standard InChI is InChI=1S/C21H21BrN2O7/c1-24(2)15-9-6-7-5-8-10(22)3-4-11(25)13(8)16(26)12(7)18(28)21(9,31)19(29)14(17(15)27)20(23)30/h3-4,7,9,12,14-15,25,31H,5-6H2,1-2H3,(H2,23,30)/t7-,9-,12?,14?,15-,21-/m0/s1. The number of nitrogens with two attached hydrogens (primary N) is 1. The average molecular weight is 493 g/mol. The van der Waals surface area contributed by atoms with E-state index in [1.807, 2.05) is 0 Å². The second-order valence-corrected chi connectivity index (χ2v) is 9.56. The van der Waals surface area contributed by atoms with Crippen LogP contribution in [0.3, 0.4) is 0 Å². The number of benzene rings is 1. The summed E-state index contributed by atoms with van der Waals surface area (Å²) in [7, 11) is 3.09. The zero-order valence-electron chi connectivity index (χ0n) is 16.8. The van der Waals surface area contributed by atoms with E-state index in [-0.39, 0.29) is 24.2 Å². The van der Waals surface area contributed by atoms with Gasteiger partial charge in [0, 0.05) is 10.4 Å². The fourth-order valence-corrected chi connectivity index (χ4v) is 6.06. The monoisotopic (exact) mass is 492 g/mol. The van der Waals surface area contributed by atoms with Crippen LogP contribution >= 0.6 is 15.9 Å². The Balaban J connectivity index is 1.88. The molecule has 0 aliphatic heterocycles. The second-order valence-electron chi connectivity index (χ2n) is 8.71. The Morgan fingerprint density at radius 1 is 1.19 bits per heavy atom. The summed E-state index contributed by atoms with van der Waals surface area (Å²) in [5.74, 6) is -10.4. The van der Waals surface area contributed by atoms with Crippen molar-refractivity contribution in [1.29, 1.82) is 0 Å². The maximum absolute atomic E-state index is 13.5. The van der Waals surface area contributed by atoms with Crippen molar-refractivity contribution < 1.29 is 34.2 Å². The molecule has 10 heteroatoms. The molecular formula is C21H21BrN2O7. The van der Waals surface area contributed by atoms with Crippen molar-refractivity contribution in [3.05, 3.63) is 27.7 Å². The van der Waals surface area contributed by atoms with Crippen LogP contribution in [-0.2, 0) is 25.6 Å². The number of likely N-dealkylation sites (N-methyl/N-ethyl adjacent to an activating group) is 1. The van der Waals surface area contributed by atoms with Crippen LogP contribution in [0.5, 0.6) is 5.75 Å². The molecular weight excluding hydrogens is 472 g/mol. The number of halogens is 1. The Hall–Kier alpha value is -2.43. The van der Waals surface area contributed by atoms with Crippen LogP contribution in [0.25, 0.3) is 0 Å². The third-order valence-corrected chi connectivity index (χ3v) is 7.63. The first-order valence-electron chi connectivity index (χ1n) is 9.77. The summed E-state index contributed by atoms with van der Waals surface area (Å²) in [6.45, 7) is 0. The number of phenolic OH excluding ortho intramolecular Hbond substituents is 1. The molecule has 0 radical (unpaired) electrons. The van der Waals surface area contributed by atoms with Gasteiger partial charge in [-0.05, 0) is 50.6 Å². The van der Waals surface area contributed by atoms with Gasteiger partial charge in [-0.3, -0.25) is 28.9 Å². The van der Waals surface area contributed by atoms with Crippen LogP contribution in [0.4, 0.5) is 0 Å². The summed E-state index contributed by atoms with van der Waals surface area (Å²) in [4.78, 5) is 66.2. The SMILES string of the molecule is CN(C)[C@@H]1C(=O)C(C(N)=O)C(=O)[C@@]2(O)C(=O)C3C(=O)c4c(O)ccc(Br)c4C[C@H]3C[C@@H]12. The number of Topliss-reactive ketones (excluding diaryl/α,β-unsaturated/α-hetero) is 4. The van der Waals surface area contributed by atoms with Crippen molar-refractivity contribution in [2.75, 3.05) is 14.1 Å². The second kappa shape index (κ2) is 7.04. The van der Waals surface area contributed by atoms with E-state index in [1.165, 1.54) is 11.0 Å². The summed E-state index contributed by atoms with van der Waals surface area (Å²) in [5.41, 5.74) is 3.08. The van der Waals surface area contributed by atoms with Crippen LogP contribution in [0.2, 0.25) is 0 Å². The van der Waals surface area contributed by atoms with Crippen molar-refractivity contribution in [3.63, 3.8) is 0 Å². The first-order valence-corrected chi connectivity index (χ1v) is 10.6. The molecule has 164 valence electrons. The predicted octanol–water partition coefficient (Wildman–Crippen LogP) is -0.370. The first-order chi connectivity index (χ1) is 14.4. The van der Waals surface area contributed by atoms with Crippen molar-refractivity contribution in [2.24, 2.45) is 29.4 Å². The molecule has 2 unspecified atom stereocenters. The van der Waals surface area contributed by atoms with Crippen molar-refractivity contribution in [1.82, 2.24) is 4.90 Å². The quantitative estimate of drug-likeness (QED) is 0.472. The number of carbonyl (C=O) groups excluding carboxylic acids is 5. The molecule has 9 nitrogen and oxygen atoms in total. The molecule has 0 bridgehead atoms. The zero-order chi connectivity index (χ0) is 23.0. The van der Waals surface area contributed by atoms with E-state index in [0.717, 1.165) is 0 Å². The molecule has 3 aliphatic carbocycles. The molecule has 1 aromatic rings. The van der Waals surface area contributed by atoms with Gasteiger partial charge >= 0.3 is 0 Å². The summed E-state index contributed by atoms with van der Waals surface area (Å²) in [5, 5.41) is 21.6. The van der Waals surface area contributed by atoms with E-state index < -0.39 is 64.4 Å². The Morgan fingerprint density at radius 2 is 1.84 bits per heavy atom. The Labute approximate surface area is 185 Å². The van der Waals surface area contributed by atoms with Gasteiger partial charge < -0.3 is 15.9 Å². The number of rotatable bonds is 2. The molecule has 2 fully saturated rings. The lowest BCUT2D eigenvalue weighted by molar-refractivity contribution is -0.181. The number of amides is 1. The van der Waals surface area contributed by atoms with Gasteiger partial charge in [-0.2, -0.15) is 0 Å². The third-order valence-electron chi connectivity index (χ3n) is 6.89. The van der Waals surface area contributed by atoms with E-state index in [2.05, 4.69) is 15.9 Å². The number of aliphatic hydroxyl groups is 1. The van der Waals surface area contributed by atoms with E-state index in [0.29, 0.717) is 10.0 Å². The van der Waals surface area contributed by atoms with Crippen LogP contribution in [0.1, 0.15) is 22.3 Å². The highest BCUT2D eigenvalue weighted by Gasteiger charge is 2.69. The maximum atomic E-state index is 13.5. The van der Waals surface area contributed by atoms with Crippen LogP contribution in [0, 0.1) is 23.7 Å². The van der Waals surface area contributed by atoms with Gasteiger partial charge in [-0.1, -0.05) is 15.9 Å². The van der Waals surface area contributed by atoms with Gasteiger partial charge in [0.1, 0.15) is 5.75 Å². The smallest absolute Gasteiger partial charge is 0.235 e. The number of carbonyl (C=O) groups is 5. The number of hydrogen-bond donors (Lipinski definition) is 3. The van der Waals surface area contributed by atoms with E-state index in [4.69, 9.17) is 5.73 Å². The van der Waals surface area contributed by atoms with Gasteiger partial charge in [0.2, 0.25) is 5.91 Å². The number of nitrogens with zero attached hydrogens (tertiary/aromatic N) is 1. The van der Waals surface area contributed by atoms with Crippen molar-refractivity contribution in [3.8, 4) is 5.75 Å². The maximum Gasteiger partial charge on any atom is 0.235 e. The molecule has 0 spiro atoms. The lowest BCUT2D eigenvalue weighted by Gasteiger charge is -2.52. The van der Waals surface area contributed by atoms with Gasteiger partial charge in [0.25, 0.3) is 0 Å². The molecule has 3 aliphatic rings. The molecule has 0 saturated heterocycles. The van der Waals surface area contributed by atoms with Gasteiger partial charge in [-0.15, -0.1) is 0 Å². The highest BCUT2D eigenvalue weighted by molar-refractivity contribution is 9.10. The molecule has 4 rings (SSSR count). The first kappa shape index (κ1) is 21.8. The summed E-state index contributed by atoms with van der Waals surface area (Å²) in [6, 6.07) is 1.81. The fraction of sp³-hybridized carbons (Fsp3) is 0.476. The minimum Gasteiger partial charge on any atom is -0.507 e. The molecule has 1 aromatic carbocycles. The minimum atomic E-state index is -2.70. The lowest BCUT2D eigenvalue weighted by atomic mass is 9.52. The number of primary amides is 1. The highest BCUT2D eigenvalue weighted by atomic mass is 79.9. The zero-order valence-corrected chi connectivity index (χ0v) is 18.4. The minimum absolute atomic E-state index is 0.0269. The highest BCUT2D eigenvalue weighted by Crippen LogP contribution is 2.51. The summed E-state index contributed by atoms with van der Waals surface area (Å²) < 4.78 is 0.592. The van der Waals surface area contributed by atoms with E-state index in [1.54, 1.807) is 20.2 Å². The van der Waals surface area contributed by atoms with Crippen LogP contribution in [-0.4, -0.2) is 69.9 Å². The summed E-state index contributed by atoms with van der Waals surface area (Å²) >= 11 is 3.37. The van der Waals surface area contributed by atoms with Crippen molar-refractivity contribution >= 4 is 45.0 Å². The number of phenols is 1. The van der Waals surface area contributed by atoms with E-state index in [9.17, 15) is 34.2 Å². The lowest BCUT2D eigenvalue weighted by Crippen LogP contribution is -2.74. The molecule has 0 aromatic heterocycles. The normalized spacial score (nSPS) is 34.9. The fourth-order valence-electron chi connectivity index (χ4n) is 5.57. The topological polar surface area (TPSA) is 155 Å². The average Bonchev–Trinajstić information content (AvgIpc) is 2.67. The largest absolute Gasteiger partial charge is 0.507 e. The molecule has 1 amide bonds. The Morgan fingerprint density at radius 3 is 2.42 bits per heavy atom. The molecule has 31 heavy (non-hydrogen) atoms. The predicted molar refractivity (Wildman–Crippen MR) is 109 cm³/mol. The molecule has 4 N–H and O–H groups in total. The number of ketones is 4. The molecule has 0 heterocycles. The van der Waals surface area contributed by atoms with E-state index >= 15 is 0 Å². The van der Waals surface area contributed by atoms with Gasteiger partial charge in [0.05, 0.1) is 17.5 Å². The Kier molecular flexibility index (Phi) is 4.95. The number of hydrogen-bond acceptors (Lipinski definition) is 8. The van der Waals surface area contributed by atoms with Gasteiger partial charge in [0.15, 0.2) is 34.7 Å². The van der Waals surface area contributed by atoms with Crippen LogP contribution < -0.4 is 5.73 Å². The Bertz CT molecular complexity index is 1070. The molecule has 6 atom stereocenters. The van der Waals surface area contributed by atoms with Crippen LogP contribution in [0.15, 0.2) is 16.6 Å². The molecule has 2 saturated carbocycles. The van der Waals surface area contributed by atoms with Crippen molar-refractivity contribution in [2.45, 2.75) is 24.5 Å². The number of fused-ring (bicyclic) bond motifs is 3. The van der Waals surface area contributed by atoms with Gasteiger partial charge in [-0.25, -0.2) is 0 Å².